The van der Waals surface area contributed by atoms with Gasteiger partial charge in [-0.05, 0) is 42.7 Å². The van der Waals surface area contributed by atoms with E-state index >= 15 is 0 Å². The van der Waals surface area contributed by atoms with Crippen LogP contribution < -0.4 is 25.1 Å². The first-order valence-corrected chi connectivity index (χ1v) is 13.6. The highest BCUT2D eigenvalue weighted by Crippen LogP contribution is 2.29. The number of halogens is 1. The first kappa shape index (κ1) is 26.1. The molecule has 1 fully saturated rings. The third kappa shape index (κ3) is 5.63. The van der Waals surface area contributed by atoms with Crippen LogP contribution in [0, 0.1) is 5.82 Å². The van der Waals surface area contributed by atoms with Gasteiger partial charge in [0.05, 0.1) is 25.4 Å². The van der Waals surface area contributed by atoms with Crippen LogP contribution in [0.5, 0.6) is 0 Å². The van der Waals surface area contributed by atoms with Gasteiger partial charge in [-0.25, -0.2) is 14.4 Å². The predicted octanol–water partition coefficient (Wildman–Crippen LogP) is 1.69. The molecule has 13 heteroatoms. The fourth-order valence-electron chi connectivity index (χ4n) is 4.81. The van der Waals surface area contributed by atoms with Gasteiger partial charge in [-0.15, -0.1) is 0 Å². The largest absolute Gasteiger partial charge is 0.790 e. The van der Waals surface area contributed by atoms with Crippen molar-refractivity contribution in [2.24, 2.45) is 0 Å². The van der Waals surface area contributed by atoms with Crippen LogP contribution in [0.15, 0.2) is 65.6 Å². The van der Waals surface area contributed by atoms with E-state index < -0.39 is 20.1 Å². The molecule has 3 heterocycles. The van der Waals surface area contributed by atoms with E-state index in [0.29, 0.717) is 32.5 Å². The van der Waals surface area contributed by atoms with Crippen LogP contribution in [-0.4, -0.2) is 45.3 Å². The van der Waals surface area contributed by atoms with Gasteiger partial charge in [0.2, 0.25) is 11.9 Å². The monoisotopic (exact) mass is 540 g/mol. The Morgan fingerprint density at radius 3 is 2.50 bits per heavy atom. The quantitative estimate of drug-likeness (QED) is 0.306. The van der Waals surface area contributed by atoms with E-state index in [1.807, 2.05) is 29.2 Å². The normalized spacial score (nSPS) is 14.8. The molecule has 5 rings (SSSR count). The lowest BCUT2D eigenvalue weighted by atomic mass is 10.0. The smallest absolute Gasteiger partial charge is 0.256 e. The summed E-state index contributed by atoms with van der Waals surface area (Å²) in [5, 5.41) is 0. The minimum absolute atomic E-state index is 0.00645. The Bertz CT molecular complexity index is 1530. The molecule has 0 radical (unpaired) electrons. The van der Waals surface area contributed by atoms with Crippen molar-refractivity contribution < 1.29 is 23.3 Å². The molecule has 0 spiro atoms. The molecule has 2 aromatic heterocycles. The van der Waals surface area contributed by atoms with Crippen LogP contribution in [0.1, 0.15) is 18.4 Å². The number of hydrogen-bond donors (Lipinski definition) is 0. The molecule has 38 heavy (non-hydrogen) atoms. The number of imidazole rings is 1. The maximum Gasteiger partial charge on any atom is 0.256 e. The van der Waals surface area contributed by atoms with E-state index in [4.69, 9.17) is 4.98 Å². The second-order valence-corrected chi connectivity index (χ2v) is 10.3. The summed E-state index contributed by atoms with van der Waals surface area (Å²) in [6.07, 6.45) is 2.76. The van der Waals surface area contributed by atoms with Crippen LogP contribution >= 0.6 is 7.82 Å². The summed E-state index contributed by atoms with van der Waals surface area (Å²) in [6, 6.07) is 15.5. The third-order valence-corrected chi connectivity index (χ3v) is 7.19. The van der Waals surface area contributed by atoms with Gasteiger partial charge in [-0.3, -0.25) is 9.36 Å². The molecule has 0 saturated carbocycles. The minimum Gasteiger partial charge on any atom is -0.790 e. The van der Waals surface area contributed by atoms with E-state index in [2.05, 4.69) is 19.0 Å². The van der Waals surface area contributed by atoms with Gasteiger partial charge in [0.15, 0.2) is 0 Å². The Labute approximate surface area is 218 Å². The molecule has 4 aromatic rings. The number of phosphoric acid groups is 1. The zero-order valence-corrected chi connectivity index (χ0v) is 21.5. The number of piperidine rings is 1. The highest BCUT2D eigenvalue weighted by atomic mass is 31.2. The molecule has 1 aliphatic heterocycles. The summed E-state index contributed by atoms with van der Waals surface area (Å²) < 4.78 is 31.9. The second kappa shape index (κ2) is 10.7. The van der Waals surface area contributed by atoms with Crippen molar-refractivity contribution in [2.45, 2.75) is 32.2 Å². The number of benzene rings is 2. The minimum atomic E-state index is -5.26. The van der Waals surface area contributed by atoms with Gasteiger partial charge in [-0.2, -0.15) is 0 Å². The number of aromatic nitrogens is 4. The molecule has 2 aromatic carbocycles. The fraction of sp³-hybridized carbons (Fsp3) is 0.320. The molecule has 0 bridgehead atoms. The van der Waals surface area contributed by atoms with Gasteiger partial charge in [-0.1, -0.05) is 24.3 Å². The van der Waals surface area contributed by atoms with Crippen molar-refractivity contribution in [3.63, 3.8) is 0 Å². The number of nitrogens with zero attached hydrogens (tertiary/aromatic N) is 6. The molecule has 0 atom stereocenters. The summed E-state index contributed by atoms with van der Waals surface area (Å²) in [5.74, 6) is 0.755. The Kier molecular flexibility index (Phi) is 7.31. The van der Waals surface area contributed by atoms with Crippen molar-refractivity contribution in [3.05, 3.63) is 82.5 Å². The van der Waals surface area contributed by atoms with Gasteiger partial charge in [0.25, 0.3) is 5.56 Å². The van der Waals surface area contributed by atoms with Crippen LogP contribution in [0.4, 0.5) is 16.3 Å². The molecule has 0 amide bonds. The Morgan fingerprint density at radius 1 is 1.08 bits per heavy atom. The van der Waals surface area contributed by atoms with Crippen molar-refractivity contribution >= 4 is 30.8 Å². The van der Waals surface area contributed by atoms with Crippen LogP contribution in [0.2, 0.25) is 0 Å². The Balaban J connectivity index is 1.35. The van der Waals surface area contributed by atoms with E-state index in [9.17, 15) is 23.5 Å². The summed E-state index contributed by atoms with van der Waals surface area (Å²) in [7, 11) is -3.49. The molecule has 11 nitrogen and oxygen atoms in total. The number of phosphoric ester groups is 1. The van der Waals surface area contributed by atoms with Gasteiger partial charge in [0, 0.05) is 38.4 Å². The predicted molar refractivity (Wildman–Crippen MR) is 136 cm³/mol. The SMILES string of the molecule is CN(c1nccc(=O)n1COP(=O)([O-])[O-])C1CCN(c2nc3ccccc3n2Cc2ccc(F)cc2)CC1. The number of anilines is 2. The number of para-hydroxylation sites is 2. The zero-order chi connectivity index (χ0) is 26.9. The van der Waals surface area contributed by atoms with Crippen molar-refractivity contribution in [3.8, 4) is 0 Å². The van der Waals surface area contributed by atoms with Crippen LogP contribution in [0.25, 0.3) is 11.0 Å². The summed E-state index contributed by atoms with van der Waals surface area (Å²) >= 11 is 0. The average Bonchev–Trinajstić information content (AvgIpc) is 3.26. The van der Waals surface area contributed by atoms with E-state index in [1.165, 1.54) is 24.4 Å². The summed E-state index contributed by atoms with van der Waals surface area (Å²) in [5.41, 5.74) is 2.29. The molecule has 200 valence electrons. The van der Waals surface area contributed by atoms with E-state index in [1.54, 1.807) is 19.2 Å². The molecular weight excluding hydrogens is 514 g/mol. The second-order valence-electron chi connectivity index (χ2n) is 9.16. The van der Waals surface area contributed by atoms with Gasteiger partial charge >= 0.3 is 0 Å². The highest BCUT2D eigenvalue weighted by Gasteiger charge is 2.28. The zero-order valence-electron chi connectivity index (χ0n) is 20.6. The molecule has 0 aliphatic carbocycles. The maximum atomic E-state index is 13.5. The highest BCUT2D eigenvalue weighted by molar-refractivity contribution is 7.43. The Morgan fingerprint density at radius 2 is 1.79 bits per heavy atom. The first-order chi connectivity index (χ1) is 18.2. The lowest BCUT2D eigenvalue weighted by Crippen LogP contribution is -2.46. The number of fused-ring (bicyclic) bond motifs is 1. The first-order valence-electron chi connectivity index (χ1n) is 12.1. The number of rotatable bonds is 8. The lowest BCUT2D eigenvalue weighted by molar-refractivity contribution is -0.344. The van der Waals surface area contributed by atoms with Crippen molar-refractivity contribution in [1.29, 1.82) is 0 Å². The fourth-order valence-corrected chi connectivity index (χ4v) is 5.06. The van der Waals surface area contributed by atoms with Crippen molar-refractivity contribution in [1.82, 2.24) is 19.1 Å². The van der Waals surface area contributed by atoms with Crippen molar-refractivity contribution in [2.75, 3.05) is 29.9 Å². The van der Waals surface area contributed by atoms with Gasteiger partial charge in [0.1, 0.15) is 12.5 Å². The molecule has 0 N–H and O–H groups in total. The topological polar surface area (TPSA) is 132 Å². The Hall–Kier alpha value is -3.57. The van der Waals surface area contributed by atoms with Crippen LogP contribution in [0.3, 0.4) is 0 Å². The molecule has 1 aliphatic rings. The standard InChI is InChI=1S/C25H28FN6O5P/c1-29(24-27-13-10-23(33)32(24)17-37-38(34,35)36)20-11-14-30(15-12-20)25-28-21-4-2-3-5-22(21)31(25)16-18-6-8-19(26)9-7-18/h2-10,13,20H,11-12,14-17H2,1H3,(H2,34,35,36)/p-2. The summed E-state index contributed by atoms with van der Waals surface area (Å²) in [4.78, 5) is 47.4. The van der Waals surface area contributed by atoms with E-state index in [-0.39, 0.29) is 17.8 Å². The van der Waals surface area contributed by atoms with Gasteiger partial charge < -0.3 is 33.2 Å². The average molecular weight is 540 g/mol. The maximum absolute atomic E-state index is 13.5. The van der Waals surface area contributed by atoms with E-state index in [0.717, 1.165) is 27.1 Å². The molecular formula is C25H26FN6O5P-2. The van der Waals surface area contributed by atoms with Crippen LogP contribution in [-0.2, 0) is 22.4 Å². The molecule has 0 unspecified atom stereocenters. The summed E-state index contributed by atoms with van der Waals surface area (Å²) in [6.45, 7) is 1.15. The third-order valence-electron chi connectivity index (χ3n) is 6.76. The number of hydrogen-bond acceptors (Lipinski definition) is 9. The molecule has 1 saturated heterocycles. The lowest BCUT2D eigenvalue weighted by Gasteiger charge is -2.38.